The Morgan fingerprint density at radius 2 is 0.897 bits per heavy atom. The monoisotopic (exact) mass is 512 g/mol. The highest BCUT2D eigenvalue weighted by Crippen LogP contribution is 2.42. The molecule has 0 aliphatic heterocycles. The van der Waals surface area contributed by atoms with E-state index in [1.165, 1.54) is 0 Å². The van der Waals surface area contributed by atoms with Crippen LogP contribution in [-0.4, -0.2) is 22.4 Å². The number of hydrogen-bond donors (Lipinski definition) is 2. The maximum Gasteiger partial charge on any atom is 0.144 e. The predicted octanol–water partition coefficient (Wildman–Crippen LogP) is 7.17. The number of rotatable bonds is 10. The van der Waals surface area contributed by atoms with Crippen molar-refractivity contribution in [3.63, 3.8) is 0 Å². The second-order valence-electron chi connectivity index (χ2n) is 9.48. The van der Waals surface area contributed by atoms with Crippen molar-refractivity contribution in [3.05, 3.63) is 186 Å². The van der Waals surface area contributed by atoms with Crippen LogP contribution in [0.4, 0.5) is 0 Å². The van der Waals surface area contributed by atoms with E-state index in [1.807, 2.05) is 164 Å². The Morgan fingerprint density at radius 1 is 0.513 bits per heavy atom. The van der Waals surface area contributed by atoms with Crippen molar-refractivity contribution in [2.75, 3.05) is 0 Å². The molecule has 0 heterocycles. The lowest BCUT2D eigenvalue weighted by Gasteiger charge is -2.40. The molecule has 0 saturated carbocycles. The Kier molecular flexibility index (Phi) is 8.45. The number of ether oxygens (including phenoxy) is 1. The van der Waals surface area contributed by atoms with Crippen LogP contribution < -0.4 is 0 Å². The minimum Gasteiger partial charge on any atom is -0.387 e. The maximum atomic E-state index is 11.7. The molecule has 5 aromatic carbocycles. The Balaban J connectivity index is 1.67. The van der Waals surface area contributed by atoms with Crippen LogP contribution in [0.2, 0.25) is 0 Å². The fraction of sp³-hybridized carbons (Fsp3) is 0.111. The average Bonchev–Trinajstić information content (AvgIpc) is 3.03. The topological polar surface area (TPSA) is 49.7 Å². The smallest absolute Gasteiger partial charge is 0.144 e. The third-order valence-electron chi connectivity index (χ3n) is 6.93. The summed E-state index contributed by atoms with van der Waals surface area (Å²) in [6.45, 7) is 0. The molecule has 0 aliphatic carbocycles. The first kappa shape index (κ1) is 26.3. The number of hydrogen-bond acceptors (Lipinski definition) is 3. The van der Waals surface area contributed by atoms with Gasteiger partial charge in [0.25, 0.3) is 0 Å². The Morgan fingerprint density at radius 3 is 1.33 bits per heavy atom. The molecular weight excluding hydrogens is 480 g/mol. The molecule has 5 aromatic rings. The van der Waals surface area contributed by atoms with Crippen LogP contribution in [0.5, 0.6) is 0 Å². The molecule has 194 valence electrons. The van der Waals surface area contributed by atoms with Gasteiger partial charge in [-0.2, -0.15) is 0 Å². The van der Waals surface area contributed by atoms with E-state index in [-0.39, 0.29) is 0 Å². The lowest BCUT2D eigenvalue weighted by Crippen LogP contribution is -2.42. The van der Waals surface area contributed by atoms with Gasteiger partial charge in [-0.15, -0.1) is 0 Å². The van der Waals surface area contributed by atoms with Crippen molar-refractivity contribution < 1.29 is 14.9 Å². The van der Waals surface area contributed by atoms with Crippen molar-refractivity contribution in [1.29, 1.82) is 0 Å². The van der Waals surface area contributed by atoms with E-state index >= 15 is 0 Å². The van der Waals surface area contributed by atoms with E-state index in [9.17, 15) is 10.2 Å². The van der Waals surface area contributed by atoms with Crippen molar-refractivity contribution in [2.45, 2.75) is 23.9 Å². The van der Waals surface area contributed by atoms with Crippen LogP contribution in [0.25, 0.3) is 6.08 Å². The highest BCUT2D eigenvalue weighted by molar-refractivity contribution is 5.51. The standard InChI is InChI=1S/C36H32O3/c37-34(29-18-8-2-9-19-29)35(38)33(27-26-28-16-6-1-7-17-28)39-36(30-20-10-3-11-21-30,31-22-12-4-13-23-31)32-24-14-5-15-25-32/h1-27,33-35,37-38H/b27-26+/t33-,34-,35+/m0/s1. The molecule has 3 atom stereocenters. The summed E-state index contributed by atoms with van der Waals surface area (Å²) in [5.41, 5.74) is 3.28. The zero-order valence-corrected chi connectivity index (χ0v) is 21.6. The van der Waals surface area contributed by atoms with Crippen molar-refractivity contribution in [1.82, 2.24) is 0 Å². The lowest BCUT2D eigenvalue weighted by atomic mass is 9.79. The molecular formula is C36H32O3. The summed E-state index contributed by atoms with van der Waals surface area (Å²) < 4.78 is 7.13. The first-order valence-electron chi connectivity index (χ1n) is 13.2. The van der Waals surface area contributed by atoms with Gasteiger partial charge < -0.3 is 14.9 Å². The highest BCUT2D eigenvalue weighted by Gasteiger charge is 2.42. The number of benzene rings is 5. The predicted molar refractivity (Wildman–Crippen MR) is 157 cm³/mol. The molecule has 0 radical (unpaired) electrons. The maximum absolute atomic E-state index is 11.7. The van der Waals surface area contributed by atoms with Crippen LogP contribution in [0, 0.1) is 0 Å². The summed E-state index contributed by atoms with van der Waals surface area (Å²) in [6.07, 6.45) is 0.494. The zero-order valence-electron chi connectivity index (χ0n) is 21.6. The molecule has 39 heavy (non-hydrogen) atoms. The van der Waals surface area contributed by atoms with E-state index in [1.54, 1.807) is 0 Å². The van der Waals surface area contributed by atoms with E-state index < -0.39 is 23.9 Å². The second kappa shape index (κ2) is 12.5. The molecule has 0 unspecified atom stereocenters. The van der Waals surface area contributed by atoms with E-state index in [0.29, 0.717) is 5.56 Å². The van der Waals surface area contributed by atoms with E-state index in [0.717, 1.165) is 22.3 Å². The Bertz CT molecular complexity index is 1340. The average molecular weight is 513 g/mol. The molecule has 0 aliphatic rings. The van der Waals surface area contributed by atoms with Gasteiger partial charge in [0.2, 0.25) is 0 Å². The Hall–Kier alpha value is -4.28. The quantitative estimate of drug-likeness (QED) is 0.195. The van der Waals surface area contributed by atoms with Gasteiger partial charge in [0.15, 0.2) is 0 Å². The number of aliphatic hydroxyl groups is 2. The van der Waals surface area contributed by atoms with Gasteiger partial charge in [-0.3, -0.25) is 0 Å². The fourth-order valence-corrected chi connectivity index (χ4v) is 4.95. The lowest BCUT2D eigenvalue weighted by molar-refractivity contribution is -0.114. The molecule has 5 rings (SSSR count). The Labute approximate surface area is 230 Å². The van der Waals surface area contributed by atoms with E-state index in [4.69, 9.17) is 4.74 Å². The van der Waals surface area contributed by atoms with Gasteiger partial charge in [-0.05, 0) is 27.8 Å². The largest absolute Gasteiger partial charge is 0.387 e. The highest BCUT2D eigenvalue weighted by atomic mass is 16.5. The molecule has 0 amide bonds. The third-order valence-corrected chi connectivity index (χ3v) is 6.93. The van der Waals surface area contributed by atoms with Crippen molar-refractivity contribution in [2.24, 2.45) is 0 Å². The molecule has 3 heteroatoms. The summed E-state index contributed by atoms with van der Waals surface area (Å²) in [5.74, 6) is 0. The van der Waals surface area contributed by atoms with Crippen molar-refractivity contribution in [3.8, 4) is 0 Å². The first-order valence-corrected chi connectivity index (χ1v) is 13.2. The molecule has 0 saturated heterocycles. The molecule has 0 fully saturated rings. The summed E-state index contributed by atoms with van der Waals surface area (Å²) in [7, 11) is 0. The summed E-state index contributed by atoms with van der Waals surface area (Å²) in [6, 6.07) is 49.2. The van der Waals surface area contributed by atoms with E-state index in [2.05, 4.69) is 0 Å². The molecule has 0 bridgehead atoms. The second-order valence-corrected chi connectivity index (χ2v) is 9.48. The third kappa shape index (κ3) is 5.92. The van der Waals surface area contributed by atoms with Gasteiger partial charge in [-0.1, -0.05) is 164 Å². The van der Waals surface area contributed by atoms with Crippen LogP contribution in [0.15, 0.2) is 158 Å². The molecule has 3 nitrogen and oxygen atoms in total. The first-order chi connectivity index (χ1) is 19.2. The summed E-state index contributed by atoms with van der Waals surface area (Å²) in [4.78, 5) is 0. The van der Waals surface area contributed by atoms with Gasteiger partial charge in [0, 0.05) is 0 Å². The molecule has 2 N–H and O–H groups in total. The fourth-order valence-electron chi connectivity index (χ4n) is 4.95. The van der Waals surface area contributed by atoms with Crippen LogP contribution in [0.3, 0.4) is 0 Å². The van der Waals surface area contributed by atoms with Crippen LogP contribution in [0.1, 0.15) is 33.9 Å². The minimum absolute atomic E-state index is 0.622. The van der Waals surface area contributed by atoms with Crippen LogP contribution >= 0.6 is 0 Å². The van der Waals surface area contributed by atoms with Crippen LogP contribution in [-0.2, 0) is 10.3 Å². The molecule has 0 aromatic heterocycles. The SMILES string of the molecule is O[C@H]([C@H](/C=C/c1ccccc1)OC(c1ccccc1)(c1ccccc1)c1ccccc1)[C@@H](O)c1ccccc1. The minimum atomic E-state index is -1.25. The van der Waals surface area contributed by atoms with Gasteiger partial charge >= 0.3 is 0 Å². The van der Waals surface area contributed by atoms with Crippen molar-refractivity contribution >= 4 is 6.08 Å². The summed E-state index contributed by atoms with van der Waals surface area (Å²) in [5, 5.41) is 23.0. The number of aliphatic hydroxyl groups excluding tert-OH is 2. The van der Waals surface area contributed by atoms with Gasteiger partial charge in [0.1, 0.15) is 23.9 Å². The van der Waals surface area contributed by atoms with Gasteiger partial charge in [-0.25, -0.2) is 0 Å². The zero-order chi connectivity index (χ0) is 26.9. The van der Waals surface area contributed by atoms with Gasteiger partial charge in [0.05, 0.1) is 0 Å². The molecule has 0 spiro atoms. The normalized spacial score (nSPS) is 14.1. The summed E-state index contributed by atoms with van der Waals surface area (Å²) >= 11 is 0.